The number of rotatable bonds is 5. The molecule has 1 atom stereocenters. The molecule has 5 N–H and O–H groups in total. The molecule has 0 fully saturated rings. The first-order valence-electron chi connectivity index (χ1n) is 7.87. The van der Waals surface area contributed by atoms with Gasteiger partial charge in [0.1, 0.15) is 11.6 Å². The van der Waals surface area contributed by atoms with Gasteiger partial charge >= 0.3 is 12.1 Å². The molecule has 1 aromatic heterocycles. The number of fused-ring (bicyclic) bond motifs is 1. The van der Waals surface area contributed by atoms with Crippen LogP contribution in [-0.2, 0) is 24.3 Å². The van der Waals surface area contributed by atoms with Crippen LogP contribution >= 0.6 is 11.3 Å². The first-order chi connectivity index (χ1) is 12.1. The van der Waals surface area contributed by atoms with Gasteiger partial charge in [-0.3, -0.25) is 5.32 Å². The molecule has 1 aliphatic heterocycles. The fourth-order valence-electron chi connectivity index (χ4n) is 2.76. The summed E-state index contributed by atoms with van der Waals surface area (Å²) in [7, 11) is 0. The van der Waals surface area contributed by atoms with E-state index in [2.05, 4.69) is 10.6 Å². The summed E-state index contributed by atoms with van der Waals surface area (Å²) >= 11 is 1.26. The second-order valence-electron chi connectivity index (χ2n) is 5.72. The molecule has 0 aliphatic carbocycles. The minimum Gasteiger partial charge on any atom is -0.478 e. The van der Waals surface area contributed by atoms with Crippen molar-refractivity contribution in [1.29, 1.82) is 0 Å². The molecule has 2 aromatic rings. The maximum absolute atomic E-state index is 12.0. The Morgan fingerprint density at radius 3 is 2.80 bits per heavy atom. The van der Waals surface area contributed by atoms with Gasteiger partial charge in [-0.25, -0.2) is 9.59 Å². The fraction of sp³-hybridized carbons (Fsp3) is 0.294. The number of hydrogen-bond acceptors (Lipinski definition) is 6. The lowest BCUT2D eigenvalue weighted by Crippen LogP contribution is -2.40. The average molecular weight is 361 g/mol. The molecular formula is C17H19N3O4S. The second kappa shape index (κ2) is 7.64. The van der Waals surface area contributed by atoms with Crippen molar-refractivity contribution in [2.24, 2.45) is 5.73 Å². The molecule has 0 spiro atoms. The molecule has 1 aliphatic rings. The number of thiophene rings is 1. The molecule has 1 amide bonds. The Hall–Kier alpha value is -2.42. The summed E-state index contributed by atoms with van der Waals surface area (Å²) < 4.78 is 5.17. The summed E-state index contributed by atoms with van der Waals surface area (Å²) in [5.74, 6) is -1.06. The molecule has 25 heavy (non-hydrogen) atoms. The summed E-state index contributed by atoms with van der Waals surface area (Å²) in [6, 6.07) is 9.32. The molecule has 8 heteroatoms. The highest BCUT2D eigenvalue weighted by atomic mass is 32.1. The minimum atomic E-state index is -1.06. The number of aromatic carboxylic acids is 1. The number of carboxylic acid groups (broad SMARTS) is 1. The molecule has 0 saturated carbocycles. The van der Waals surface area contributed by atoms with Crippen molar-refractivity contribution >= 4 is 28.4 Å². The molecule has 132 valence electrons. The smallest absolute Gasteiger partial charge is 0.412 e. The van der Waals surface area contributed by atoms with Gasteiger partial charge in [0.2, 0.25) is 0 Å². The van der Waals surface area contributed by atoms with Gasteiger partial charge < -0.3 is 20.9 Å². The lowest BCUT2D eigenvalue weighted by atomic mass is 9.98. The van der Waals surface area contributed by atoms with Gasteiger partial charge in [-0.15, -0.1) is 11.3 Å². The molecule has 2 heterocycles. The van der Waals surface area contributed by atoms with E-state index in [-0.39, 0.29) is 18.2 Å². The number of amides is 1. The van der Waals surface area contributed by atoms with Gasteiger partial charge in [0.25, 0.3) is 0 Å². The van der Waals surface area contributed by atoms with Crippen LogP contribution in [0.3, 0.4) is 0 Å². The number of carboxylic acids is 1. The van der Waals surface area contributed by atoms with Crippen LogP contribution in [0.2, 0.25) is 0 Å². The lowest BCUT2D eigenvalue weighted by Gasteiger charge is -2.22. The number of nitrogens with two attached hydrogens (primary N) is 1. The first kappa shape index (κ1) is 17.4. The highest BCUT2D eigenvalue weighted by Gasteiger charge is 2.29. The van der Waals surface area contributed by atoms with Crippen LogP contribution in [0.25, 0.3) is 0 Å². The highest BCUT2D eigenvalue weighted by molar-refractivity contribution is 7.17. The number of ether oxygens (including phenoxy) is 1. The van der Waals surface area contributed by atoms with Gasteiger partial charge in [0.05, 0.1) is 5.56 Å². The van der Waals surface area contributed by atoms with Crippen molar-refractivity contribution in [3.8, 4) is 0 Å². The number of carbonyl (C=O) groups is 2. The standard InChI is InChI=1S/C17H19N3O4S/c18-7-11-6-12-13(8-19-11)25-15(14(12)16(21)22)20-17(23)24-9-10-4-2-1-3-5-10/h1-5,11,19H,6-9,18H2,(H,20,23)(H,21,22). The zero-order valence-electron chi connectivity index (χ0n) is 13.5. The molecule has 1 unspecified atom stereocenters. The Kier molecular flexibility index (Phi) is 5.32. The zero-order chi connectivity index (χ0) is 17.8. The van der Waals surface area contributed by atoms with E-state index >= 15 is 0 Å². The van der Waals surface area contributed by atoms with E-state index in [0.29, 0.717) is 24.5 Å². The third-order valence-corrected chi connectivity index (χ3v) is 5.17. The van der Waals surface area contributed by atoms with Crippen LogP contribution in [0.5, 0.6) is 0 Å². The summed E-state index contributed by atoms with van der Waals surface area (Å²) in [5, 5.41) is 15.7. The number of carbonyl (C=O) groups excluding carboxylic acids is 1. The fourth-order valence-corrected chi connectivity index (χ4v) is 3.92. The monoisotopic (exact) mass is 361 g/mol. The van der Waals surface area contributed by atoms with Crippen molar-refractivity contribution in [3.63, 3.8) is 0 Å². The number of benzene rings is 1. The Balaban J connectivity index is 1.72. The number of hydrogen-bond donors (Lipinski definition) is 4. The molecular weight excluding hydrogens is 342 g/mol. The average Bonchev–Trinajstić information content (AvgIpc) is 2.97. The van der Waals surface area contributed by atoms with Crippen molar-refractivity contribution < 1.29 is 19.4 Å². The van der Waals surface area contributed by atoms with E-state index in [1.54, 1.807) is 0 Å². The molecule has 1 aromatic carbocycles. The lowest BCUT2D eigenvalue weighted by molar-refractivity contribution is 0.0697. The maximum Gasteiger partial charge on any atom is 0.412 e. The van der Waals surface area contributed by atoms with Gasteiger partial charge in [-0.1, -0.05) is 30.3 Å². The van der Waals surface area contributed by atoms with Gasteiger partial charge in [0.15, 0.2) is 0 Å². The van der Waals surface area contributed by atoms with Crippen LogP contribution in [0.1, 0.15) is 26.4 Å². The SMILES string of the molecule is NCC1Cc2c(sc(NC(=O)OCc3ccccc3)c2C(=O)O)CN1. The normalized spacial score (nSPS) is 16.1. The summed E-state index contributed by atoms with van der Waals surface area (Å²) in [4.78, 5) is 24.6. The number of anilines is 1. The molecule has 3 rings (SSSR count). The van der Waals surface area contributed by atoms with Crippen molar-refractivity contribution in [2.45, 2.75) is 25.6 Å². The first-order valence-corrected chi connectivity index (χ1v) is 8.69. The highest BCUT2D eigenvalue weighted by Crippen LogP contribution is 2.36. The molecule has 0 saturated heterocycles. The van der Waals surface area contributed by atoms with E-state index in [9.17, 15) is 14.7 Å². The quantitative estimate of drug-likeness (QED) is 0.649. The second-order valence-corrected chi connectivity index (χ2v) is 6.82. The van der Waals surface area contributed by atoms with Crippen molar-refractivity contribution in [3.05, 3.63) is 51.9 Å². The number of nitrogens with one attached hydrogen (secondary N) is 2. The largest absolute Gasteiger partial charge is 0.478 e. The Bertz CT molecular complexity index is 776. The zero-order valence-corrected chi connectivity index (χ0v) is 14.3. The molecule has 0 bridgehead atoms. The Morgan fingerprint density at radius 1 is 1.36 bits per heavy atom. The Morgan fingerprint density at radius 2 is 2.12 bits per heavy atom. The van der Waals surface area contributed by atoms with Gasteiger partial charge in [-0.05, 0) is 17.5 Å². The van der Waals surface area contributed by atoms with Gasteiger partial charge in [0, 0.05) is 24.0 Å². The van der Waals surface area contributed by atoms with E-state index < -0.39 is 12.1 Å². The van der Waals surface area contributed by atoms with Crippen molar-refractivity contribution in [1.82, 2.24) is 5.32 Å². The minimum absolute atomic E-state index is 0.0399. The van der Waals surface area contributed by atoms with Crippen molar-refractivity contribution in [2.75, 3.05) is 11.9 Å². The molecule has 0 radical (unpaired) electrons. The van der Waals surface area contributed by atoms with Crippen LogP contribution in [-0.4, -0.2) is 29.8 Å². The topological polar surface area (TPSA) is 114 Å². The summed E-state index contributed by atoms with van der Waals surface area (Å²) in [5.41, 5.74) is 7.41. The van der Waals surface area contributed by atoms with Gasteiger partial charge in [-0.2, -0.15) is 0 Å². The van der Waals surface area contributed by atoms with Crippen LogP contribution in [0.4, 0.5) is 9.80 Å². The summed E-state index contributed by atoms with van der Waals surface area (Å²) in [6.07, 6.45) is -0.140. The van der Waals surface area contributed by atoms with E-state index in [1.165, 1.54) is 11.3 Å². The van der Waals surface area contributed by atoms with E-state index in [0.717, 1.165) is 16.0 Å². The predicted molar refractivity (Wildman–Crippen MR) is 94.9 cm³/mol. The Labute approximate surface area is 148 Å². The van der Waals surface area contributed by atoms with Crippen LogP contribution < -0.4 is 16.4 Å². The third kappa shape index (κ3) is 3.98. The maximum atomic E-state index is 12.0. The van der Waals surface area contributed by atoms with E-state index in [1.807, 2.05) is 30.3 Å². The van der Waals surface area contributed by atoms with Crippen LogP contribution in [0, 0.1) is 0 Å². The summed E-state index contributed by atoms with van der Waals surface area (Å²) in [6.45, 7) is 1.09. The predicted octanol–water partition coefficient (Wildman–Crippen LogP) is 2.17. The van der Waals surface area contributed by atoms with E-state index in [4.69, 9.17) is 10.5 Å². The van der Waals surface area contributed by atoms with Crippen LogP contribution in [0.15, 0.2) is 30.3 Å². The third-order valence-electron chi connectivity index (χ3n) is 4.02. The molecule has 7 nitrogen and oxygen atoms in total.